The number of nitro groups is 1. The van der Waals surface area contributed by atoms with Gasteiger partial charge in [0.25, 0.3) is 5.69 Å². The van der Waals surface area contributed by atoms with Crippen LogP contribution in [0.2, 0.25) is 0 Å². The van der Waals surface area contributed by atoms with Crippen molar-refractivity contribution in [2.24, 2.45) is 5.92 Å². The van der Waals surface area contributed by atoms with E-state index in [4.69, 9.17) is 0 Å². The smallest absolute Gasteiger partial charge is 0.269 e. The summed E-state index contributed by atoms with van der Waals surface area (Å²) in [6, 6.07) is 17.4. The Morgan fingerprint density at radius 1 is 0.897 bits per heavy atom. The molecule has 0 N–H and O–H groups in total. The van der Waals surface area contributed by atoms with Gasteiger partial charge in [0.15, 0.2) is 0 Å². The lowest BCUT2D eigenvalue weighted by Crippen LogP contribution is -2.60. The Hall–Kier alpha value is -2.53. The molecule has 6 rings (SSSR count). The molecule has 3 aliphatic carbocycles. The maximum Gasteiger partial charge on any atom is 0.269 e. The highest BCUT2D eigenvalue weighted by atomic mass is 16.6. The number of hydrogen-bond donors (Lipinski definition) is 0. The third kappa shape index (κ3) is 3.08. The van der Waals surface area contributed by atoms with E-state index in [1.54, 1.807) is 12.1 Å². The summed E-state index contributed by atoms with van der Waals surface area (Å²) in [5.41, 5.74) is 2.35. The fraction of sp³-hybridized carbons (Fsp3) is 0.458. The largest absolute Gasteiger partial charge is 0.299 e. The Bertz CT molecular complexity index is 921. The Morgan fingerprint density at radius 3 is 2.07 bits per heavy atom. The van der Waals surface area contributed by atoms with Crippen LogP contribution < -0.4 is 0 Å². The summed E-state index contributed by atoms with van der Waals surface area (Å²) in [6.07, 6.45) is 5.08. The molecule has 1 saturated heterocycles. The van der Waals surface area contributed by atoms with E-state index in [1.165, 1.54) is 18.4 Å². The maximum absolute atomic E-state index is 13.4. The van der Waals surface area contributed by atoms with Gasteiger partial charge >= 0.3 is 0 Å². The van der Waals surface area contributed by atoms with E-state index in [9.17, 15) is 14.9 Å². The van der Waals surface area contributed by atoms with Crippen LogP contribution in [0.25, 0.3) is 0 Å². The Kier molecular flexibility index (Phi) is 4.50. The number of ketones is 1. The third-order valence-corrected chi connectivity index (χ3v) is 7.48. The molecule has 150 valence electrons. The molecular weight excluding hydrogens is 364 g/mol. The molecule has 4 atom stereocenters. The van der Waals surface area contributed by atoms with Gasteiger partial charge in [0.2, 0.25) is 0 Å². The highest BCUT2D eigenvalue weighted by molar-refractivity contribution is 5.87. The predicted molar refractivity (Wildman–Crippen MR) is 111 cm³/mol. The molecule has 0 amide bonds. The summed E-state index contributed by atoms with van der Waals surface area (Å²) in [5, 5.41) is 11.1. The molecule has 1 aliphatic heterocycles. The van der Waals surface area contributed by atoms with Crippen LogP contribution in [0.1, 0.15) is 55.1 Å². The quantitative estimate of drug-likeness (QED) is 0.562. The first-order chi connectivity index (χ1) is 14.1. The van der Waals surface area contributed by atoms with Gasteiger partial charge in [-0.2, -0.15) is 0 Å². The van der Waals surface area contributed by atoms with Crippen LogP contribution in [0.4, 0.5) is 5.69 Å². The fourth-order valence-electron chi connectivity index (χ4n) is 6.23. The summed E-state index contributed by atoms with van der Waals surface area (Å²) in [5.74, 6) is 0.665. The maximum atomic E-state index is 13.4. The number of non-ortho nitro benzene ring substituents is 1. The number of fused-ring (bicyclic) bond motifs is 3. The monoisotopic (exact) mass is 390 g/mol. The van der Waals surface area contributed by atoms with Crippen LogP contribution in [0.15, 0.2) is 54.6 Å². The number of Topliss-reactive ketones (excluding diaryl/α,β-unsaturated/α-hetero) is 1. The van der Waals surface area contributed by atoms with Crippen molar-refractivity contribution in [2.45, 2.75) is 49.5 Å². The van der Waals surface area contributed by atoms with Gasteiger partial charge < -0.3 is 0 Å². The summed E-state index contributed by atoms with van der Waals surface area (Å²) in [6.45, 7) is 2.15. The van der Waals surface area contributed by atoms with Crippen molar-refractivity contribution in [1.29, 1.82) is 0 Å². The van der Waals surface area contributed by atoms with Crippen LogP contribution in [0.3, 0.4) is 0 Å². The number of carbonyl (C=O) groups excluding carboxylic acids is 1. The van der Waals surface area contributed by atoms with Crippen LogP contribution in [-0.2, 0) is 4.79 Å². The zero-order chi connectivity index (χ0) is 20.0. The van der Waals surface area contributed by atoms with Crippen molar-refractivity contribution in [3.05, 3.63) is 75.8 Å². The lowest BCUT2D eigenvalue weighted by atomic mass is 9.52. The van der Waals surface area contributed by atoms with E-state index >= 15 is 0 Å². The number of carbonyl (C=O) groups is 1. The zero-order valence-electron chi connectivity index (χ0n) is 16.5. The molecule has 2 aromatic rings. The first kappa shape index (κ1) is 18.5. The first-order valence-electron chi connectivity index (χ1n) is 10.6. The average Bonchev–Trinajstić information content (AvgIpc) is 3.30. The van der Waals surface area contributed by atoms with Crippen molar-refractivity contribution in [3.8, 4) is 0 Å². The average molecular weight is 390 g/mol. The van der Waals surface area contributed by atoms with Crippen molar-refractivity contribution < 1.29 is 9.72 Å². The Labute approximate surface area is 170 Å². The van der Waals surface area contributed by atoms with Crippen LogP contribution >= 0.6 is 0 Å². The minimum absolute atomic E-state index is 0.0386. The Balaban J connectivity index is 1.57. The number of benzene rings is 2. The minimum Gasteiger partial charge on any atom is -0.299 e. The molecule has 1 heterocycles. The van der Waals surface area contributed by atoms with E-state index in [1.807, 2.05) is 18.2 Å². The molecule has 4 unspecified atom stereocenters. The molecule has 0 aromatic heterocycles. The number of likely N-dealkylation sites (tertiary alicyclic amines) is 1. The van der Waals surface area contributed by atoms with Gasteiger partial charge in [-0.15, -0.1) is 0 Å². The first-order valence-corrected chi connectivity index (χ1v) is 10.6. The lowest BCUT2D eigenvalue weighted by molar-refractivity contribution is -0.384. The highest BCUT2D eigenvalue weighted by Gasteiger charge is 2.57. The van der Waals surface area contributed by atoms with E-state index in [0.717, 1.165) is 31.5 Å². The summed E-state index contributed by atoms with van der Waals surface area (Å²) in [4.78, 5) is 26.7. The molecule has 3 saturated carbocycles. The molecule has 0 spiro atoms. The summed E-state index contributed by atoms with van der Waals surface area (Å²) < 4.78 is 0. The van der Waals surface area contributed by atoms with Crippen molar-refractivity contribution in [1.82, 2.24) is 4.90 Å². The molecule has 0 radical (unpaired) electrons. The van der Waals surface area contributed by atoms with Crippen molar-refractivity contribution in [3.63, 3.8) is 0 Å². The summed E-state index contributed by atoms with van der Waals surface area (Å²) >= 11 is 0. The summed E-state index contributed by atoms with van der Waals surface area (Å²) in [7, 11) is 0. The van der Waals surface area contributed by atoms with Gasteiger partial charge in [-0.05, 0) is 61.7 Å². The van der Waals surface area contributed by atoms with Gasteiger partial charge in [0.05, 0.1) is 4.92 Å². The van der Waals surface area contributed by atoms with Gasteiger partial charge in [0, 0.05) is 30.0 Å². The van der Waals surface area contributed by atoms with E-state index in [0.29, 0.717) is 12.2 Å². The predicted octanol–water partition coefficient (Wildman–Crippen LogP) is 4.68. The van der Waals surface area contributed by atoms with Gasteiger partial charge in [-0.1, -0.05) is 42.5 Å². The normalized spacial score (nSPS) is 31.9. The third-order valence-electron chi connectivity index (χ3n) is 7.48. The lowest BCUT2D eigenvalue weighted by Gasteiger charge is -2.57. The standard InChI is InChI=1S/C24H26N2O3/c27-22-16-24(25-12-4-5-13-25)14-20(17-6-2-1-3-7-17)23(22)21(15-24)18-8-10-19(11-9-18)26(28)29/h1-3,6-11,20-21,23H,4-5,12-16H2. The molecule has 5 heteroatoms. The number of nitrogens with zero attached hydrogens (tertiary/aromatic N) is 2. The molecule has 5 nitrogen and oxygen atoms in total. The second-order valence-corrected chi connectivity index (χ2v) is 8.97. The van der Waals surface area contributed by atoms with Crippen LogP contribution in [-0.4, -0.2) is 34.2 Å². The number of hydrogen-bond acceptors (Lipinski definition) is 4. The van der Waals surface area contributed by atoms with Gasteiger partial charge in [-0.25, -0.2) is 0 Å². The van der Waals surface area contributed by atoms with Gasteiger partial charge in [-0.3, -0.25) is 19.8 Å². The molecule has 2 aromatic carbocycles. The van der Waals surface area contributed by atoms with Gasteiger partial charge in [0.1, 0.15) is 5.78 Å². The van der Waals surface area contributed by atoms with Crippen molar-refractivity contribution >= 4 is 11.5 Å². The zero-order valence-corrected chi connectivity index (χ0v) is 16.5. The van der Waals surface area contributed by atoms with E-state index in [2.05, 4.69) is 29.2 Å². The second-order valence-electron chi connectivity index (χ2n) is 8.97. The second kappa shape index (κ2) is 7.06. The van der Waals surface area contributed by atoms with Crippen LogP contribution in [0, 0.1) is 16.0 Å². The van der Waals surface area contributed by atoms with Crippen molar-refractivity contribution in [2.75, 3.05) is 13.1 Å². The molecule has 4 aliphatic rings. The Morgan fingerprint density at radius 2 is 1.48 bits per heavy atom. The van der Waals surface area contributed by atoms with E-state index in [-0.39, 0.29) is 33.9 Å². The molecular formula is C24H26N2O3. The molecule has 29 heavy (non-hydrogen) atoms. The fourth-order valence-corrected chi connectivity index (χ4v) is 6.23. The number of nitro benzene ring substituents is 1. The SMILES string of the molecule is O=C1CC2(N3CCCC3)CC(c3ccccc3)C1C(c1ccc([N+](=O)[O-])cc1)C2. The minimum atomic E-state index is -0.361. The number of rotatable bonds is 4. The molecule has 2 bridgehead atoms. The topological polar surface area (TPSA) is 63.5 Å². The highest BCUT2D eigenvalue weighted by Crippen LogP contribution is 2.58. The van der Waals surface area contributed by atoms with E-state index < -0.39 is 0 Å². The molecule has 4 fully saturated rings. The van der Waals surface area contributed by atoms with Crippen LogP contribution in [0.5, 0.6) is 0 Å².